The highest BCUT2D eigenvalue weighted by atomic mass is 79.9. The normalized spacial score (nSPS) is 12.2. The Kier molecular flexibility index (Phi) is 5.95. The lowest BCUT2D eigenvalue weighted by atomic mass is 10.1. The number of halogens is 1. The van der Waals surface area contributed by atoms with Crippen LogP contribution in [0.2, 0.25) is 0 Å². The monoisotopic (exact) mass is 351 g/mol. The second kappa shape index (κ2) is 7.72. The fourth-order valence-corrected chi connectivity index (χ4v) is 2.80. The zero-order chi connectivity index (χ0) is 14.4. The van der Waals surface area contributed by atoms with Crippen LogP contribution >= 0.6 is 27.7 Å². The fraction of sp³-hybridized carbons (Fsp3) is 0.250. The van der Waals surface area contributed by atoms with Crippen molar-refractivity contribution < 1.29 is 4.74 Å². The van der Waals surface area contributed by atoms with Gasteiger partial charge in [0.1, 0.15) is 5.75 Å². The van der Waals surface area contributed by atoms with E-state index >= 15 is 0 Å². The molecule has 0 amide bonds. The van der Waals surface area contributed by atoms with Gasteiger partial charge in [-0.3, -0.25) is 0 Å². The lowest BCUT2D eigenvalue weighted by Gasteiger charge is -2.09. The van der Waals surface area contributed by atoms with Gasteiger partial charge in [0.2, 0.25) is 0 Å². The van der Waals surface area contributed by atoms with E-state index in [4.69, 9.17) is 10.5 Å². The molecule has 106 valence electrons. The number of ether oxygens (including phenoxy) is 1. The summed E-state index contributed by atoms with van der Waals surface area (Å²) >= 11 is 5.19. The summed E-state index contributed by atoms with van der Waals surface area (Å²) in [6.07, 6.45) is 0. The SMILES string of the molecule is CC(N)c1cccc(SCCOc2ccc(Br)cc2)c1. The first-order chi connectivity index (χ1) is 9.65. The van der Waals surface area contributed by atoms with Gasteiger partial charge in [-0.1, -0.05) is 28.1 Å². The van der Waals surface area contributed by atoms with Crippen molar-refractivity contribution in [1.82, 2.24) is 0 Å². The first-order valence-electron chi connectivity index (χ1n) is 6.52. The van der Waals surface area contributed by atoms with Crippen molar-refractivity contribution in [2.45, 2.75) is 17.9 Å². The number of thioether (sulfide) groups is 1. The van der Waals surface area contributed by atoms with Crippen molar-refractivity contribution >= 4 is 27.7 Å². The summed E-state index contributed by atoms with van der Waals surface area (Å²) in [5.74, 6) is 1.82. The van der Waals surface area contributed by atoms with Gasteiger partial charge in [-0.2, -0.15) is 0 Å². The van der Waals surface area contributed by atoms with Crippen molar-refractivity contribution in [2.24, 2.45) is 5.73 Å². The second-order valence-electron chi connectivity index (χ2n) is 4.51. The van der Waals surface area contributed by atoms with E-state index in [2.05, 4.69) is 40.2 Å². The van der Waals surface area contributed by atoms with Crippen molar-refractivity contribution in [2.75, 3.05) is 12.4 Å². The van der Waals surface area contributed by atoms with Crippen molar-refractivity contribution in [3.8, 4) is 5.75 Å². The topological polar surface area (TPSA) is 35.2 Å². The summed E-state index contributed by atoms with van der Waals surface area (Å²) in [5.41, 5.74) is 7.06. The zero-order valence-electron chi connectivity index (χ0n) is 11.4. The Bertz CT molecular complexity index is 542. The van der Waals surface area contributed by atoms with Crippen LogP contribution in [0, 0.1) is 0 Å². The molecule has 20 heavy (non-hydrogen) atoms. The molecule has 4 heteroatoms. The predicted octanol–water partition coefficient (Wildman–Crippen LogP) is 4.64. The molecule has 2 N–H and O–H groups in total. The molecule has 1 unspecified atom stereocenters. The Hall–Kier alpha value is -0.970. The maximum absolute atomic E-state index is 5.89. The number of nitrogens with two attached hydrogens (primary N) is 1. The quantitative estimate of drug-likeness (QED) is 0.608. The van der Waals surface area contributed by atoms with E-state index in [0.29, 0.717) is 6.61 Å². The van der Waals surface area contributed by atoms with Crippen molar-refractivity contribution in [1.29, 1.82) is 0 Å². The highest BCUT2D eigenvalue weighted by Gasteiger charge is 2.01. The molecule has 0 fully saturated rings. The summed E-state index contributed by atoms with van der Waals surface area (Å²) in [6, 6.07) is 16.3. The number of hydrogen-bond acceptors (Lipinski definition) is 3. The average Bonchev–Trinajstić information content (AvgIpc) is 2.46. The minimum absolute atomic E-state index is 0.0783. The van der Waals surface area contributed by atoms with Gasteiger partial charge in [0, 0.05) is 21.2 Å². The second-order valence-corrected chi connectivity index (χ2v) is 6.60. The third-order valence-electron chi connectivity index (χ3n) is 2.82. The minimum Gasteiger partial charge on any atom is -0.493 e. The van der Waals surface area contributed by atoms with Gasteiger partial charge in [-0.15, -0.1) is 11.8 Å². The van der Waals surface area contributed by atoms with Gasteiger partial charge in [0.25, 0.3) is 0 Å². The van der Waals surface area contributed by atoms with Crippen LogP contribution in [0.15, 0.2) is 57.9 Å². The number of hydrogen-bond donors (Lipinski definition) is 1. The molecule has 2 nitrogen and oxygen atoms in total. The maximum atomic E-state index is 5.89. The van der Waals surface area contributed by atoms with Crippen LogP contribution in [0.5, 0.6) is 5.75 Å². The minimum atomic E-state index is 0.0783. The molecule has 0 saturated heterocycles. The summed E-state index contributed by atoms with van der Waals surface area (Å²) in [6.45, 7) is 2.69. The molecule has 1 atom stereocenters. The lowest BCUT2D eigenvalue weighted by molar-refractivity contribution is 0.344. The van der Waals surface area contributed by atoms with E-state index in [1.165, 1.54) is 10.5 Å². The molecule has 0 aliphatic rings. The summed E-state index contributed by atoms with van der Waals surface area (Å²) in [7, 11) is 0. The highest BCUT2D eigenvalue weighted by Crippen LogP contribution is 2.22. The first-order valence-corrected chi connectivity index (χ1v) is 8.30. The van der Waals surface area contributed by atoms with E-state index in [0.717, 1.165) is 16.0 Å². The van der Waals surface area contributed by atoms with Gasteiger partial charge < -0.3 is 10.5 Å². The summed E-state index contributed by atoms with van der Waals surface area (Å²) in [5, 5.41) is 0. The van der Waals surface area contributed by atoms with E-state index in [1.54, 1.807) is 11.8 Å². The van der Waals surface area contributed by atoms with Crippen molar-refractivity contribution in [3.05, 3.63) is 58.6 Å². The van der Waals surface area contributed by atoms with Crippen LogP contribution in [-0.2, 0) is 0 Å². The standard InChI is InChI=1S/C16H18BrNOS/c1-12(18)13-3-2-4-16(11-13)20-10-9-19-15-7-5-14(17)6-8-15/h2-8,11-12H,9-10,18H2,1H3. The molecule has 0 heterocycles. The van der Waals surface area contributed by atoms with Gasteiger partial charge in [-0.25, -0.2) is 0 Å². The molecule has 0 aliphatic carbocycles. The van der Waals surface area contributed by atoms with Gasteiger partial charge in [0.15, 0.2) is 0 Å². The summed E-state index contributed by atoms with van der Waals surface area (Å²) in [4.78, 5) is 1.24. The van der Waals surface area contributed by atoms with Crippen LogP contribution < -0.4 is 10.5 Å². The third-order valence-corrected chi connectivity index (χ3v) is 4.31. The number of rotatable bonds is 6. The average molecular weight is 352 g/mol. The molecule has 0 aromatic heterocycles. The zero-order valence-corrected chi connectivity index (χ0v) is 13.8. The van der Waals surface area contributed by atoms with Crippen LogP contribution in [0.1, 0.15) is 18.5 Å². The van der Waals surface area contributed by atoms with E-state index in [1.807, 2.05) is 31.2 Å². The molecule has 0 spiro atoms. The van der Waals surface area contributed by atoms with Gasteiger partial charge in [-0.05, 0) is 48.9 Å². The molecule has 0 bridgehead atoms. The fourth-order valence-electron chi connectivity index (χ4n) is 1.74. The third kappa shape index (κ3) is 4.85. The summed E-state index contributed by atoms with van der Waals surface area (Å²) < 4.78 is 6.76. The Morgan fingerprint density at radius 1 is 1.20 bits per heavy atom. The smallest absolute Gasteiger partial charge is 0.119 e. The van der Waals surface area contributed by atoms with Crippen LogP contribution in [0.4, 0.5) is 0 Å². The Morgan fingerprint density at radius 3 is 2.65 bits per heavy atom. The molecule has 2 aromatic carbocycles. The highest BCUT2D eigenvalue weighted by molar-refractivity contribution is 9.10. The largest absolute Gasteiger partial charge is 0.493 e. The van der Waals surface area contributed by atoms with Crippen molar-refractivity contribution in [3.63, 3.8) is 0 Å². The molecule has 0 saturated carbocycles. The lowest BCUT2D eigenvalue weighted by Crippen LogP contribution is -2.04. The molecular weight excluding hydrogens is 334 g/mol. The first kappa shape index (κ1) is 15.4. The maximum Gasteiger partial charge on any atom is 0.119 e. The van der Waals surface area contributed by atoms with Crippen LogP contribution in [0.25, 0.3) is 0 Å². The number of benzene rings is 2. The Labute approximate surface area is 132 Å². The van der Waals surface area contributed by atoms with E-state index in [9.17, 15) is 0 Å². The Morgan fingerprint density at radius 2 is 1.95 bits per heavy atom. The van der Waals surface area contributed by atoms with Crippen LogP contribution in [-0.4, -0.2) is 12.4 Å². The molecule has 0 radical (unpaired) electrons. The Balaban J connectivity index is 1.78. The van der Waals surface area contributed by atoms with Gasteiger partial charge >= 0.3 is 0 Å². The van der Waals surface area contributed by atoms with Gasteiger partial charge in [0.05, 0.1) is 6.61 Å². The van der Waals surface area contributed by atoms with E-state index < -0.39 is 0 Å². The molecule has 2 aromatic rings. The molecular formula is C16H18BrNOS. The van der Waals surface area contributed by atoms with Crippen LogP contribution in [0.3, 0.4) is 0 Å². The molecule has 0 aliphatic heterocycles. The van der Waals surface area contributed by atoms with E-state index in [-0.39, 0.29) is 6.04 Å². The predicted molar refractivity (Wildman–Crippen MR) is 89.4 cm³/mol. The molecule has 2 rings (SSSR count).